The number of urea groups is 1. The van der Waals surface area contributed by atoms with Gasteiger partial charge in [0.05, 0.1) is 0 Å². The van der Waals surface area contributed by atoms with E-state index in [1.54, 1.807) is 0 Å². The van der Waals surface area contributed by atoms with Crippen LogP contribution in [-0.2, 0) is 4.79 Å². The van der Waals surface area contributed by atoms with Gasteiger partial charge in [-0.1, -0.05) is 13.3 Å². The van der Waals surface area contributed by atoms with Gasteiger partial charge < -0.3 is 20.6 Å². The first-order chi connectivity index (χ1) is 9.13. The third-order valence-corrected chi connectivity index (χ3v) is 3.32. The summed E-state index contributed by atoms with van der Waals surface area (Å²) in [4.78, 5) is 24.8. The molecule has 0 aromatic carbocycles. The Labute approximate surface area is 114 Å². The van der Waals surface area contributed by atoms with Gasteiger partial charge in [0, 0.05) is 6.54 Å². The van der Waals surface area contributed by atoms with E-state index in [9.17, 15) is 9.59 Å². The molecule has 1 fully saturated rings. The van der Waals surface area contributed by atoms with Crippen LogP contribution in [0.2, 0.25) is 0 Å². The molecule has 0 aromatic heterocycles. The van der Waals surface area contributed by atoms with E-state index in [2.05, 4.69) is 15.5 Å². The van der Waals surface area contributed by atoms with Crippen molar-refractivity contribution in [1.29, 1.82) is 0 Å². The van der Waals surface area contributed by atoms with Crippen LogP contribution in [-0.4, -0.2) is 54.2 Å². The van der Waals surface area contributed by atoms with E-state index in [0.29, 0.717) is 13.0 Å². The van der Waals surface area contributed by atoms with E-state index in [1.165, 1.54) is 12.8 Å². The van der Waals surface area contributed by atoms with E-state index in [4.69, 9.17) is 5.11 Å². The van der Waals surface area contributed by atoms with E-state index in [0.717, 1.165) is 32.5 Å². The number of nitrogens with zero attached hydrogens (tertiary/aromatic N) is 1. The largest absolute Gasteiger partial charge is 0.480 e. The maximum Gasteiger partial charge on any atom is 0.326 e. The normalized spacial score (nSPS) is 17.1. The number of hydrogen-bond acceptors (Lipinski definition) is 3. The number of amides is 2. The number of nitrogens with one attached hydrogen (secondary N) is 2. The molecule has 1 atom stereocenters. The first kappa shape index (κ1) is 15.8. The first-order valence-electron chi connectivity index (χ1n) is 7.13. The highest BCUT2D eigenvalue weighted by Crippen LogP contribution is 2.06. The summed E-state index contributed by atoms with van der Waals surface area (Å²) in [5.74, 6) is -0.978. The number of aliphatic carboxylic acids is 1. The van der Waals surface area contributed by atoms with Crippen molar-refractivity contribution >= 4 is 12.0 Å². The van der Waals surface area contributed by atoms with Gasteiger partial charge in [0.15, 0.2) is 0 Å². The number of carbonyl (C=O) groups is 2. The van der Waals surface area contributed by atoms with Gasteiger partial charge in [0.25, 0.3) is 0 Å². The smallest absolute Gasteiger partial charge is 0.326 e. The average molecular weight is 271 g/mol. The fourth-order valence-corrected chi connectivity index (χ4v) is 2.27. The highest BCUT2D eigenvalue weighted by atomic mass is 16.4. The highest BCUT2D eigenvalue weighted by molar-refractivity contribution is 5.82. The van der Waals surface area contributed by atoms with E-state index >= 15 is 0 Å². The Kier molecular flexibility index (Phi) is 7.25. The third-order valence-electron chi connectivity index (χ3n) is 3.32. The second-order valence-electron chi connectivity index (χ2n) is 4.98. The molecule has 3 N–H and O–H groups in total. The van der Waals surface area contributed by atoms with Crippen molar-refractivity contribution in [2.75, 3.05) is 26.2 Å². The Morgan fingerprint density at radius 2 is 2.00 bits per heavy atom. The second kappa shape index (κ2) is 8.74. The van der Waals surface area contributed by atoms with Crippen LogP contribution >= 0.6 is 0 Å². The second-order valence-corrected chi connectivity index (χ2v) is 4.98. The predicted molar refractivity (Wildman–Crippen MR) is 73.2 cm³/mol. The van der Waals surface area contributed by atoms with Gasteiger partial charge in [-0.05, 0) is 45.3 Å². The Morgan fingerprint density at radius 3 is 2.58 bits per heavy atom. The number of hydrogen-bond donors (Lipinski definition) is 3. The molecule has 0 saturated carbocycles. The Balaban J connectivity index is 2.10. The predicted octanol–water partition coefficient (Wildman–Crippen LogP) is 1.02. The zero-order valence-electron chi connectivity index (χ0n) is 11.7. The molecule has 2 amide bonds. The summed E-state index contributed by atoms with van der Waals surface area (Å²) >= 11 is 0. The molecule has 1 saturated heterocycles. The highest BCUT2D eigenvalue weighted by Gasteiger charge is 2.18. The zero-order valence-corrected chi connectivity index (χ0v) is 11.7. The molecule has 1 heterocycles. The van der Waals surface area contributed by atoms with Crippen molar-refractivity contribution in [2.24, 2.45) is 0 Å². The van der Waals surface area contributed by atoms with Crippen molar-refractivity contribution < 1.29 is 14.7 Å². The standard InChI is InChI=1S/C13H25N3O3/c1-2-6-11(12(17)18)15-13(19)14-7-5-10-16-8-3-4-9-16/h11H,2-10H2,1H3,(H,17,18)(H2,14,15,19)/t11-/m0/s1. The van der Waals surface area contributed by atoms with Gasteiger partial charge in [0.2, 0.25) is 0 Å². The fourth-order valence-electron chi connectivity index (χ4n) is 2.27. The monoisotopic (exact) mass is 271 g/mol. The van der Waals surface area contributed by atoms with Crippen molar-refractivity contribution in [3.05, 3.63) is 0 Å². The molecule has 1 rings (SSSR count). The molecule has 0 unspecified atom stereocenters. The molecule has 19 heavy (non-hydrogen) atoms. The van der Waals surface area contributed by atoms with E-state index < -0.39 is 12.0 Å². The van der Waals surface area contributed by atoms with Gasteiger partial charge in [0.1, 0.15) is 6.04 Å². The van der Waals surface area contributed by atoms with Crippen LogP contribution in [0.3, 0.4) is 0 Å². The number of carboxylic acid groups (broad SMARTS) is 1. The number of carboxylic acids is 1. The summed E-state index contributed by atoms with van der Waals surface area (Å²) in [5.41, 5.74) is 0. The Hall–Kier alpha value is -1.30. The topological polar surface area (TPSA) is 81.7 Å². The van der Waals surface area contributed by atoms with Crippen LogP contribution in [0.1, 0.15) is 39.0 Å². The lowest BCUT2D eigenvalue weighted by molar-refractivity contribution is -0.139. The summed E-state index contributed by atoms with van der Waals surface area (Å²) in [6.45, 7) is 5.79. The summed E-state index contributed by atoms with van der Waals surface area (Å²) in [6, 6.07) is -1.18. The number of carbonyl (C=O) groups excluding carboxylic acids is 1. The minimum Gasteiger partial charge on any atom is -0.480 e. The molecule has 0 bridgehead atoms. The molecule has 1 aliphatic heterocycles. The van der Waals surface area contributed by atoms with Crippen LogP contribution < -0.4 is 10.6 Å². The molecule has 6 nitrogen and oxygen atoms in total. The Bertz CT molecular complexity index is 291. The minimum atomic E-state index is -0.978. The van der Waals surface area contributed by atoms with E-state index in [1.807, 2.05) is 6.92 Å². The van der Waals surface area contributed by atoms with Crippen LogP contribution in [0.25, 0.3) is 0 Å². The number of likely N-dealkylation sites (tertiary alicyclic amines) is 1. The Morgan fingerprint density at radius 1 is 1.32 bits per heavy atom. The third kappa shape index (κ3) is 6.42. The molecule has 0 aromatic rings. The van der Waals surface area contributed by atoms with Crippen molar-refractivity contribution in [1.82, 2.24) is 15.5 Å². The lowest BCUT2D eigenvalue weighted by Crippen LogP contribution is -2.46. The van der Waals surface area contributed by atoms with Crippen LogP contribution in [0.5, 0.6) is 0 Å². The summed E-state index contributed by atoms with van der Waals surface area (Å²) < 4.78 is 0. The molecular weight excluding hydrogens is 246 g/mol. The maximum atomic E-state index is 11.5. The van der Waals surface area contributed by atoms with Gasteiger partial charge in [-0.2, -0.15) is 0 Å². The lowest BCUT2D eigenvalue weighted by Gasteiger charge is -2.16. The van der Waals surface area contributed by atoms with Crippen molar-refractivity contribution in [2.45, 2.75) is 45.1 Å². The minimum absolute atomic E-state index is 0.387. The zero-order chi connectivity index (χ0) is 14.1. The average Bonchev–Trinajstić information content (AvgIpc) is 2.87. The summed E-state index contributed by atoms with van der Waals surface area (Å²) in [7, 11) is 0. The number of rotatable bonds is 8. The van der Waals surface area contributed by atoms with Crippen LogP contribution in [0, 0.1) is 0 Å². The van der Waals surface area contributed by atoms with Crippen molar-refractivity contribution in [3.8, 4) is 0 Å². The first-order valence-corrected chi connectivity index (χ1v) is 7.13. The van der Waals surface area contributed by atoms with Crippen molar-refractivity contribution in [3.63, 3.8) is 0 Å². The summed E-state index contributed by atoms with van der Waals surface area (Å²) in [6.07, 6.45) is 4.62. The molecule has 1 aliphatic rings. The van der Waals surface area contributed by atoms with Gasteiger partial charge in [-0.15, -0.1) is 0 Å². The molecule has 110 valence electrons. The molecule has 0 radical (unpaired) electrons. The van der Waals surface area contributed by atoms with Crippen LogP contribution in [0.4, 0.5) is 4.79 Å². The van der Waals surface area contributed by atoms with Gasteiger partial charge in [-0.3, -0.25) is 0 Å². The summed E-state index contributed by atoms with van der Waals surface area (Å²) in [5, 5.41) is 14.1. The molecule has 0 spiro atoms. The fraction of sp³-hybridized carbons (Fsp3) is 0.846. The lowest BCUT2D eigenvalue weighted by atomic mass is 10.2. The molecule has 0 aliphatic carbocycles. The van der Waals surface area contributed by atoms with Crippen LogP contribution in [0.15, 0.2) is 0 Å². The van der Waals surface area contributed by atoms with Gasteiger partial charge in [-0.25, -0.2) is 9.59 Å². The SMILES string of the molecule is CCC[C@H](NC(=O)NCCCN1CCCC1)C(=O)O. The molecule has 6 heteroatoms. The van der Waals surface area contributed by atoms with Gasteiger partial charge >= 0.3 is 12.0 Å². The quantitative estimate of drug-likeness (QED) is 0.576. The maximum absolute atomic E-state index is 11.5. The van der Waals surface area contributed by atoms with E-state index in [-0.39, 0.29) is 6.03 Å². The molecular formula is C13H25N3O3.